The quantitative estimate of drug-likeness (QED) is 0.200. The molecule has 0 aromatic heterocycles. The first kappa shape index (κ1) is 42.5. The Hall–Kier alpha value is -1.75. The van der Waals surface area contributed by atoms with E-state index in [0.29, 0.717) is 69.1 Å². The van der Waals surface area contributed by atoms with E-state index in [1.165, 1.54) is 0 Å². The summed E-state index contributed by atoms with van der Waals surface area (Å²) >= 11 is 0. The highest BCUT2D eigenvalue weighted by atomic mass is 16.8. The van der Waals surface area contributed by atoms with Crippen molar-refractivity contribution >= 4 is 5.97 Å². The van der Waals surface area contributed by atoms with Crippen molar-refractivity contribution in [2.45, 2.75) is 208 Å². The van der Waals surface area contributed by atoms with Crippen molar-refractivity contribution in [1.29, 1.82) is 0 Å². The van der Waals surface area contributed by atoms with Crippen LogP contribution in [-0.4, -0.2) is 112 Å². The summed E-state index contributed by atoms with van der Waals surface area (Å²) in [6.07, 6.45) is 12.5. The third-order valence-corrected chi connectivity index (χ3v) is 15.5. The number of allylic oxidation sites excluding steroid dienone is 1. The lowest BCUT2D eigenvalue weighted by atomic mass is 9.79. The number of aliphatic carboxylic acids is 1. The van der Waals surface area contributed by atoms with E-state index in [1.54, 1.807) is 0 Å². The predicted molar refractivity (Wildman–Crippen MR) is 214 cm³/mol. The van der Waals surface area contributed by atoms with Gasteiger partial charge in [-0.25, -0.2) is 0 Å². The van der Waals surface area contributed by atoms with Crippen LogP contribution in [0.5, 0.6) is 0 Å². The number of carboxylic acids is 1. The molecule has 330 valence electrons. The van der Waals surface area contributed by atoms with Gasteiger partial charge in [-0.3, -0.25) is 10.1 Å². The highest BCUT2D eigenvalue weighted by molar-refractivity contribution is 5.66. The van der Waals surface area contributed by atoms with E-state index < -0.39 is 53.2 Å². The van der Waals surface area contributed by atoms with Gasteiger partial charge in [-0.15, -0.1) is 0 Å². The number of rotatable bonds is 9. The van der Waals surface area contributed by atoms with Gasteiger partial charge in [-0.05, 0) is 61.3 Å². The normalized spacial score (nSPS) is 52.3. The van der Waals surface area contributed by atoms with Crippen molar-refractivity contribution in [1.82, 2.24) is 5.32 Å². The number of aliphatic hydroxyl groups excluding tert-OH is 1. The summed E-state index contributed by atoms with van der Waals surface area (Å²) in [4.78, 5) is 10.9. The first-order valence-electron chi connectivity index (χ1n) is 22.8. The zero-order chi connectivity index (χ0) is 41.5. The molecule has 0 aromatic carbocycles. The first-order valence-corrected chi connectivity index (χ1v) is 22.8. The van der Waals surface area contributed by atoms with Gasteiger partial charge in [0.1, 0.15) is 17.9 Å². The molecule has 3 spiro atoms. The molecule has 8 fully saturated rings. The summed E-state index contributed by atoms with van der Waals surface area (Å²) in [7, 11) is 0. The lowest BCUT2D eigenvalue weighted by Gasteiger charge is -2.52. The second kappa shape index (κ2) is 15.8. The number of piperidine rings is 1. The zero-order valence-corrected chi connectivity index (χ0v) is 35.7. The van der Waals surface area contributed by atoms with Crippen molar-refractivity contribution in [3.05, 3.63) is 36.5 Å². The highest BCUT2D eigenvalue weighted by Crippen LogP contribution is 2.55. The van der Waals surface area contributed by atoms with Gasteiger partial charge in [0.05, 0.1) is 42.7 Å². The molecular weight excluding hydrogens is 759 g/mol. The smallest absolute Gasteiger partial charge is 0.303 e. The molecule has 13 heteroatoms. The Balaban J connectivity index is 0.831. The minimum atomic E-state index is -1.84. The van der Waals surface area contributed by atoms with Crippen LogP contribution in [-0.2, 0) is 42.7 Å². The van der Waals surface area contributed by atoms with Crippen molar-refractivity contribution in [2.24, 2.45) is 29.6 Å². The lowest BCUT2D eigenvalue weighted by molar-refractivity contribution is -0.366. The monoisotopic (exact) mass is 827 g/mol. The van der Waals surface area contributed by atoms with Crippen LogP contribution in [0.3, 0.4) is 0 Å². The average molecular weight is 828 g/mol. The van der Waals surface area contributed by atoms with E-state index in [9.17, 15) is 15.0 Å². The molecule has 13 nitrogen and oxygen atoms in total. The highest BCUT2D eigenvalue weighted by Gasteiger charge is 2.64. The van der Waals surface area contributed by atoms with E-state index in [1.807, 2.05) is 18.2 Å². The topological polar surface area (TPSA) is 164 Å². The van der Waals surface area contributed by atoms with Gasteiger partial charge in [-0.2, -0.15) is 0 Å². The largest absolute Gasteiger partial charge is 0.481 e. The van der Waals surface area contributed by atoms with Crippen LogP contribution in [0.4, 0.5) is 0 Å². The van der Waals surface area contributed by atoms with Crippen LogP contribution in [0.25, 0.3) is 0 Å². The number of carbonyl (C=O) groups is 1. The summed E-state index contributed by atoms with van der Waals surface area (Å²) in [5.74, 6) is -3.82. The lowest BCUT2D eigenvalue weighted by Crippen LogP contribution is -2.60. The Morgan fingerprint density at radius 2 is 1.71 bits per heavy atom. The third-order valence-electron chi connectivity index (χ3n) is 15.5. The molecule has 59 heavy (non-hydrogen) atoms. The first-order chi connectivity index (χ1) is 28.0. The fourth-order valence-corrected chi connectivity index (χ4v) is 12.4. The Morgan fingerprint density at radius 3 is 2.51 bits per heavy atom. The van der Waals surface area contributed by atoms with E-state index in [-0.39, 0.29) is 61.3 Å². The van der Waals surface area contributed by atoms with Crippen molar-refractivity contribution in [3.8, 4) is 0 Å². The summed E-state index contributed by atoms with van der Waals surface area (Å²) in [5.41, 5.74) is 0.397. The number of ether oxygens (including phenoxy) is 8. The number of carboxylic acid groups (broad SMARTS) is 1. The third kappa shape index (κ3) is 7.96. The molecule has 9 rings (SSSR count). The van der Waals surface area contributed by atoms with Crippen molar-refractivity contribution < 1.29 is 58.0 Å². The number of nitrogens with one attached hydrogen (secondary N) is 1. The van der Waals surface area contributed by atoms with Gasteiger partial charge in [0.15, 0.2) is 23.1 Å². The minimum absolute atomic E-state index is 0.00556. The molecule has 19 unspecified atom stereocenters. The molecule has 9 aliphatic heterocycles. The van der Waals surface area contributed by atoms with Crippen LogP contribution < -0.4 is 5.32 Å². The molecule has 2 bridgehead atoms. The van der Waals surface area contributed by atoms with Gasteiger partial charge >= 0.3 is 5.97 Å². The Morgan fingerprint density at radius 1 is 0.898 bits per heavy atom. The zero-order valence-electron chi connectivity index (χ0n) is 35.7. The van der Waals surface area contributed by atoms with E-state index in [0.717, 1.165) is 37.8 Å². The molecule has 0 aliphatic carbocycles. The summed E-state index contributed by atoms with van der Waals surface area (Å²) in [6.45, 7) is 16.5. The molecule has 0 radical (unpaired) electrons. The van der Waals surface area contributed by atoms with Crippen LogP contribution in [0.15, 0.2) is 36.5 Å². The number of hydrogen-bond acceptors (Lipinski definition) is 12. The molecule has 19 atom stereocenters. The van der Waals surface area contributed by atoms with Crippen molar-refractivity contribution in [3.63, 3.8) is 0 Å². The molecule has 0 aromatic rings. The number of fused-ring (bicyclic) bond motifs is 5. The molecule has 0 saturated carbocycles. The maximum Gasteiger partial charge on any atom is 0.303 e. The molecule has 9 aliphatic rings. The van der Waals surface area contributed by atoms with Crippen LogP contribution in [0.1, 0.15) is 125 Å². The fourth-order valence-electron chi connectivity index (χ4n) is 12.4. The van der Waals surface area contributed by atoms with Gasteiger partial charge in [0, 0.05) is 70.3 Å². The SMILES string of the molecule is C=C(CC12CC(C)CC(O1)C1OC3(CC1O2)NCC(C)CC3C)C1OC(O)(C(O)C2CC3OC4(CCC5(CC=CC(/C=C/CCC(=O)O)O5)O4)C(C)CC3O2)CCC1C. The standard InChI is InChI=1S/C46H69NO12/c1-26-19-35-40-37(24-44(57-40)30(5)18-27(2)25-47-44)55-43(22-26,54-35)23-29(4)39-28(3)13-15-45(51,58-39)41(50)36-21-34-33(52-36)20-31(6)46(56-34)17-16-42(59-46)14-9-11-32(53-42)10-7-8-12-38(48)49/h7,9-11,26-28,30-37,39-41,47,50-51H,4,8,12-25H2,1-3,5-6H3,(H,48,49)/b10-7+. The maximum absolute atomic E-state index is 12.2. The Labute approximate surface area is 349 Å². The molecule has 9 heterocycles. The van der Waals surface area contributed by atoms with Gasteiger partial charge < -0.3 is 53.2 Å². The van der Waals surface area contributed by atoms with E-state index >= 15 is 0 Å². The molecule has 4 N–H and O–H groups in total. The average Bonchev–Trinajstić information content (AvgIpc) is 3.86. The summed E-state index contributed by atoms with van der Waals surface area (Å²) in [5, 5.41) is 36.8. The van der Waals surface area contributed by atoms with Crippen molar-refractivity contribution in [2.75, 3.05) is 6.54 Å². The van der Waals surface area contributed by atoms with E-state index in [2.05, 4.69) is 52.6 Å². The Bertz CT molecular complexity index is 1660. The van der Waals surface area contributed by atoms with Crippen LogP contribution in [0.2, 0.25) is 0 Å². The second-order valence-corrected chi connectivity index (χ2v) is 20.4. The number of hydrogen-bond donors (Lipinski definition) is 4. The minimum Gasteiger partial charge on any atom is -0.481 e. The molecule has 8 saturated heterocycles. The maximum atomic E-state index is 12.2. The van der Waals surface area contributed by atoms with Gasteiger partial charge in [0.2, 0.25) is 0 Å². The molecule has 0 amide bonds. The fraction of sp³-hybridized carbons (Fsp3) is 0.848. The van der Waals surface area contributed by atoms with E-state index in [4.69, 9.17) is 43.0 Å². The second-order valence-electron chi connectivity index (χ2n) is 20.4. The number of aliphatic hydroxyl groups is 2. The summed E-state index contributed by atoms with van der Waals surface area (Å²) in [6, 6.07) is 0. The summed E-state index contributed by atoms with van der Waals surface area (Å²) < 4.78 is 53.9. The van der Waals surface area contributed by atoms with Gasteiger partial charge in [0.25, 0.3) is 0 Å². The van der Waals surface area contributed by atoms with Crippen LogP contribution >= 0.6 is 0 Å². The Kier molecular flexibility index (Phi) is 11.4. The van der Waals surface area contributed by atoms with Gasteiger partial charge in [-0.1, -0.05) is 65.5 Å². The van der Waals surface area contributed by atoms with Crippen LogP contribution in [0, 0.1) is 29.6 Å². The predicted octanol–water partition coefficient (Wildman–Crippen LogP) is 6.01. The molecular formula is C46H69NO12.